The number of nitrogens with two attached hydrogens (primary N) is 2. The number of ether oxygens (including phenoxy) is 1. The zero-order valence-corrected chi connectivity index (χ0v) is 46.0. The first-order chi connectivity index (χ1) is 37.8. The quantitative estimate of drug-likeness (QED) is 0.0284. The summed E-state index contributed by atoms with van der Waals surface area (Å²) in [5.74, 6) is -9.17. The van der Waals surface area contributed by atoms with E-state index in [0.29, 0.717) is 29.6 Å². The van der Waals surface area contributed by atoms with E-state index in [2.05, 4.69) is 47.4 Å². The summed E-state index contributed by atoms with van der Waals surface area (Å²) in [5, 5.41) is 101. The number of rotatable bonds is 23. The van der Waals surface area contributed by atoms with Crippen LogP contribution in [0, 0.1) is 11.8 Å². The molecule has 0 aromatic heterocycles. The van der Waals surface area contributed by atoms with Gasteiger partial charge in [-0.3, -0.25) is 43.2 Å². The molecule has 0 saturated carbocycles. The third-order valence-electron chi connectivity index (χ3n) is 14.9. The minimum absolute atomic E-state index is 0.0106. The van der Waals surface area contributed by atoms with Gasteiger partial charge in [0, 0.05) is 38.9 Å². The molecule has 3 saturated heterocycles. The summed E-state index contributed by atoms with van der Waals surface area (Å²) < 4.78 is 5.17. The van der Waals surface area contributed by atoms with Crippen LogP contribution in [0.3, 0.4) is 0 Å². The van der Waals surface area contributed by atoms with Crippen LogP contribution >= 0.6 is 0 Å². The van der Waals surface area contributed by atoms with E-state index >= 15 is 0 Å². The standard InChI is InChI=1S/C53H85N9O18/c1-5-27(2)22-28(3)12-10-8-6-7-9-11-13-39(69)56-33-24-37(67)49(75)60-51(77)44-35(65)19-21-61(44)53(79)42(36(66)25-38(55)68)58-50(76)43(46(72)45(71)30-14-16-32(17-15-30)80-40(70)18-20-54)59-48(74)34-23-31(64)26-62(34)52(78)41(29(4)63)57-47(33)73/h14-17,27-29,31,33-37,41-46,49,63-67,71-72,75H,5-13,18-26,54H2,1-4H3,(H2,55,68)(H,56,69)(H,57,73)(H,58,76)(H,59,74)(H,60,77)/t27?,28?,29-,31+,33-,34-,35-,36+,37+,41-,42-,43-,44-,45-,46-,49+/m0/s1. The zero-order chi connectivity index (χ0) is 59.5. The molecule has 3 aliphatic rings. The second-order valence-electron chi connectivity index (χ2n) is 21.6. The number of primary amides is 1. The van der Waals surface area contributed by atoms with Gasteiger partial charge in [0.1, 0.15) is 60.3 Å². The third kappa shape index (κ3) is 19.4. The molecule has 0 bridgehead atoms. The molecular weight excluding hydrogens is 1050 g/mol. The SMILES string of the molecule is CCC(C)CC(C)CCCCCCCCC(=O)N[C@H]1C[C@@H](O)[C@@H](O)NC(=O)[C@@H]2[C@@H](O)CCN2C(=O)[C@H]([C@H](O)CC(N)=O)NC(=O)[C@H]([C@H](O)[C@@H](O)c2ccc(OC(=O)CCN)cc2)NC(=O)[C@@H]2C[C@@H](O)CN2C(=O)[C@H]([C@H](C)O)NC1=O. The number of unbranched alkanes of at least 4 members (excludes halogenated alkanes) is 5. The zero-order valence-electron chi connectivity index (χ0n) is 46.0. The highest BCUT2D eigenvalue weighted by molar-refractivity contribution is 5.98. The van der Waals surface area contributed by atoms with Gasteiger partial charge in [-0.1, -0.05) is 77.8 Å². The van der Waals surface area contributed by atoms with E-state index in [4.69, 9.17) is 16.2 Å². The second kappa shape index (κ2) is 31.9. The number of nitrogens with one attached hydrogen (secondary N) is 5. The Morgan fingerprint density at radius 3 is 1.96 bits per heavy atom. The summed E-state index contributed by atoms with van der Waals surface area (Å²) in [6.45, 7) is 6.69. The van der Waals surface area contributed by atoms with Crippen molar-refractivity contribution in [2.45, 2.75) is 209 Å². The normalized spacial score (nSPS) is 27.9. The van der Waals surface area contributed by atoms with Crippen molar-refractivity contribution in [1.29, 1.82) is 0 Å². The third-order valence-corrected chi connectivity index (χ3v) is 14.9. The Kier molecular flexibility index (Phi) is 26.6. The van der Waals surface area contributed by atoms with E-state index in [1.807, 2.05) is 0 Å². The Balaban J connectivity index is 1.71. The maximum atomic E-state index is 14.5. The number of aliphatic hydroxyl groups is 8. The number of amides is 8. The van der Waals surface area contributed by atoms with Crippen molar-refractivity contribution >= 4 is 53.2 Å². The molecule has 80 heavy (non-hydrogen) atoms. The number of nitrogens with zero attached hydrogens (tertiary/aromatic N) is 2. The van der Waals surface area contributed by atoms with Crippen LogP contribution in [0.5, 0.6) is 5.75 Å². The lowest BCUT2D eigenvalue weighted by molar-refractivity contribution is -0.149. The molecule has 3 fully saturated rings. The molecule has 4 rings (SSSR count). The molecule has 8 amide bonds. The number of hydrogen-bond donors (Lipinski definition) is 15. The average molecular weight is 1140 g/mol. The van der Waals surface area contributed by atoms with Crippen LogP contribution in [-0.4, -0.2) is 203 Å². The summed E-state index contributed by atoms with van der Waals surface area (Å²) >= 11 is 0. The molecule has 450 valence electrons. The topological polar surface area (TPSA) is 443 Å². The van der Waals surface area contributed by atoms with Gasteiger partial charge < -0.3 is 93.4 Å². The van der Waals surface area contributed by atoms with Crippen molar-refractivity contribution in [2.24, 2.45) is 23.3 Å². The maximum absolute atomic E-state index is 14.5. The molecule has 27 heteroatoms. The lowest BCUT2D eigenvalue weighted by Crippen LogP contribution is -2.64. The Morgan fingerprint density at radius 1 is 0.725 bits per heavy atom. The van der Waals surface area contributed by atoms with Crippen LogP contribution in [0.1, 0.15) is 136 Å². The fourth-order valence-corrected chi connectivity index (χ4v) is 10.2. The molecule has 27 nitrogen and oxygen atoms in total. The summed E-state index contributed by atoms with van der Waals surface area (Å²) in [6.07, 6.45) is -10.7. The van der Waals surface area contributed by atoms with E-state index < -0.39 is 171 Å². The molecular formula is C53H85N9O18. The molecule has 17 N–H and O–H groups in total. The van der Waals surface area contributed by atoms with Gasteiger partial charge in [-0.05, 0) is 55.7 Å². The number of fused-ring (bicyclic) bond motifs is 2. The fraction of sp³-hybridized carbons (Fsp3) is 0.717. The van der Waals surface area contributed by atoms with E-state index in [-0.39, 0.29) is 37.1 Å². The highest BCUT2D eigenvalue weighted by Gasteiger charge is 2.49. The minimum Gasteiger partial charge on any atom is -0.426 e. The highest BCUT2D eigenvalue weighted by Crippen LogP contribution is 2.27. The summed E-state index contributed by atoms with van der Waals surface area (Å²) in [7, 11) is 0. The predicted molar refractivity (Wildman–Crippen MR) is 283 cm³/mol. The number of aliphatic hydroxyl groups excluding tert-OH is 8. The van der Waals surface area contributed by atoms with Crippen LogP contribution in [-0.2, 0) is 43.2 Å². The van der Waals surface area contributed by atoms with Crippen molar-refractivity contribution in [1.82, 2.24) is 36.4 Å². The van der Waals surface area contributed by atoms with E-state index in [1.165, 1.54) is 30.7 Å². The first-order valence-corrected chi connectivity index (χ1v) is 27.6. The molecule has 0 aliphatic carbocycles. The van der Waals surface area contributed by atoms with Crippen LogP contribution in [0.15, 0.2) is 24.3 Å². The maximum Gasteiger partial charge on any atom is 0.312 e. The van der Waals surface area contributed by atoms with Crippen molar-refractivity contribution in [3.63, 3.8) is 0 Å². The number of benzene rings is 1. The smallest absolute Gasteiger partial charge is 0.312 e. The first kappa shape index (κ1) is 66.6. The van der Waals surface area contributed by atoms with E-state index in [1.54, 1.807) is 0 Å². The second-order valence-corrected chi connectivity index (χ2v) is 21.6. The summed E-state index contributed by atoms with van der Waals surface area (Å²) in [6, 6.07) is -7.30. The molecule has 0 radical (unpaired) electrons. The van der Waals surface area contributed by atoms with Crippen molar-refractivity contribution in [3.05, 3.63) is 29.8 Å². The largest absolute Gasteiger partial charge is 0.426 e. The Labute approximate surface area is 464 Å². The van der Waals surface area contributed by atoms with Gasteiger partial charge in [0.2, 0.25) is 47.3 Å². The minimum atomic E-state index is -2.41. The van der Waals surface area contributed by atoms with Crippen molar-refractivity contribution < 1.29 is 88.7 Å². The summed E-state index contributed by atoms with van der Waals surface area (Å²) in [5.41, 5.74) is 10.6. The molecule has 0 spiro atoms. The number of carbonyl (C=O) groups is 9. The highest BCUT2D eigenvalue weighted by atomic mass is 16.5. The molecule has 3 heterocycles. The molecule has 16 atom stereocenters. The van der Waals surface area contributed by atoms with Gasteiger partial charge in [0.05, 0.1) is 37.3 Å². The number of esters is 1. The monoisotopic (exact) mass is 1140 g/mol. The Bertz CT molecular complexity index is 2260. The van der Waals surface area contributed by atoms with Gasteiger partial charge in [0.15, 0.2) is 6.23 Å². The average Bonchev–Trinajstić information content (AvgIpc) is 4.01. The summed E-state index contributed by atoms with van der Waals surface area (Å²) in [4.78, 5) is 125. The predicted octanol–water partition coefficient (Wildman–Crippen LogP) is -3.79. The molecule has 1 aromatic carbocycles. The number of hydrogen-bond acceptors (Lipinski definition) is 19. The Hall–Kier alpha value is -5.91. The Morgan fingerprint density at radius 2 is 1.34 bits per heavy atom. The molecule has 1 aromatic rings. The molecule has 3 aliphatic heterocycles. The van der Waals surface area contributed by atoms with Crippen LogP contribution in [0.25, 0.3) is 0 Å². The van der Waals surface area contributed by atoms with Gasteiger partial charge in [-0.2, -0.15) is 0 Å². The van der Waals surface area contributed by atoms with Gasteiger partial charge >= 0.3 is 5.97 Å². The van der Waals surface area contributed by atoms with E-state index in [9.17, 15) is 84.0 Å². The number of carbonyl (C=O) groups excluding carboxylic acids is 9. The van der Waals surface area contributed by atoms with Crippen LogP contribution in [0.2, 0.25) is 0 Å². The van der Waals surface area contributed by atoms with Crippen molar-refractivity contribution in [2.75, 3.05) is 19.6 Å². The van der Waals surface area contributed by atoms with Gasteiger partial charge in [-0.15, -0.1) is 0 Å². The molecule has 2 unspecified atom stereocenters. The lowest BCUT2D eigenvalue weighted by atomic mass is 9.91. The van der Waals surface area contributed by atoms with Gasteiger partial charge in [0.25, 0.3) is 0 Å². The first-order valence-electron chi connectivity index (χ1n) is 27.6. The van der Waals surface area contributed by atoms with Gasteiger partial charge in [-0.25, -0.2) is 0 Å². The van der Waals surface area contributed by atoms with Crippen molar-refractivity contribution in [3.8, 4) is 5.75 Å². The lowest BCUT2D eigenvalue weighted by Gasteiger charge is -2.34. The van der Waals surface area contributed by atoms with Crippen LogP contribution < -0.4 is 42.8 Å². The fourth-order valence-electron chi connectivity index (χ4n) is 10.2. The van der Waals surface area contributed by atoms with E-state index in [0.717, 1.165) is 50.3 Å². The van der Waals surface area contributed by atoms with Crippen LogP contribution in [0.4, 0.5) is 0 Å².